The molecule has 11 heteroatoms. The molecule has 1 aromatic heterocycles. The number of nitrogens with zero attached hydrogens (tertiary/aromatic N) is 3. The summed E-state index contributed by atoms with van der Waals surface area (Å²) in [4.78, 5) is 7.71. The molecule has 0 aliphatic carbocycles. The number of hydrogen-bond acceptors (Lipinski definition) is 2. The fourth-order valence-electron chi connectivity index (χ4n) is 2.09. The lowest BCUT2D eigenvalue weighted by Gasteiger charge is -2.13. The maximum Gasteiger partial charge on any atom is 0.416 e. The van der Waals surface area contributed by atoms with Crippen molar-refractivity contribution in [3.05, 3.63) is 53.6 Å². The van der Waals surface area contributed by atoms with Gasteiger partial charge in [-0.05, 0) is 17.7 Å². The van der Waals surface area contributed by atoms with Crippen LogP contribution in [0.3, 0.4) is 0 Å². The average Bonchev–Trinajstić information content (AvgIpc) is 3.03. The Hall–Kier alpha value is -1.92. The predicted molar refractivity (Wildman–Crippen MR) is 97.4 cm³/mol. The molecule has 5 nitrogen and oxygen atoms in total. The topological polar surface area (TPSA) is 54.2 Å². The Kier molecular flexibility index (Phi) is 8.24. The summed E-state index contributed by atoms with van der Waals surface area (Å²) in [6.45, 7) is -2.63. The lowest BCUT2D eigenvalue weighted by atomic mass is 10.1. The van der Waals surface area contributed by atoms with Crippen LogP contribution in [0.5, 0.6) is 0 Å². The van der Waals surface area contributed by atoms with Crippen LogP contribution in [0, 0.1) is 0 Å². The van der Waals surface area contributed by atoms with Crippen LogP contribution in [0.25, 0.3) is 0 Å². The molecule has 144 valence electrons. The molecule has 0 saturated heterocycles. The van der Waals surface area contributed by atoms with Crippen molar-refractivity contribution in [1.29, 1.82) is 0 Å². The summed E-state index contributed by atoms with van der Waals surface area (Å²) in [6, 6.07) is 4.87. The number of halogens is 6. The van der Waals surface area contributed by atoms with Crippen LogP contribution in [-0.4, -0.2) is 22.6 Å². The molecular weight excluding hydrogens is 472 g/mol. The Labute approximate surface area is 163 Å². The summed E-state index contributed by atoms with van der Waals surface area (Å²) < 4.78 is 64.2. The maximum absolute atomic E-state index is 12.7. The van der Waals surface area contributed by atoms with Crippen molar-refractivity contribution in [2.24, 2.45) is 4.99 Å². The van der Waals surface area contributed by atoms with E-state index in [1.165, 1.54) is 19.3 Å². The largest absolute Gasteiger partial charge is 0.416 e. The molecule has 2 rings (SSSR count). The van der Waals surface area contributed by atoms with Gasteiger partial charge in [0.2, 0.25) is 0 Å². The lowest BCUT2D eigenvalue weighted by Crippen LogP contribution is -2.37. The van der Waals surface area contributed by atoms with E-state index in [0.717, 1.165) is 18.3 Å². The Morgan fingerprint density at radius 2 is 1.92 bits per heavy atom. The molecule has 0 amide bonds. The predicted octanol–water partition coefficient (Wildman–Crippen LogP) is 3.78. The van der Waals surface area contributed by atoms with Crippen molar-refractivity contribution in [1.82, 2.24) is 20.2 Å². The normalized spacial score (nSPS) is 12.0. The van der Waals surface area contributed by atoms with Gasteiger partial charge in [-0.25, -0.2) is 4.98 Å². The number of nitrogens with one attached hydrogen (secondary N) is 2. The van der Waals surface area contributed by atoms with E-state index in [0.29, 0.717) is 10.1 Å². The molecular formula is C15H17F5IN5. The molecule has 2 aromatic rings. The SMILES string of the molecule is CN=C(NCc1cccc(C(F)(F)F)c1)NCc1nccn1C(F)F.I. The first-order chi connectivity index (χ1) is 11.8. The van der Waals surface area contributed by atoms with Crippen molar-refractivity contribution in [2.45, 2.75) is 25.8 Å². The van der Waals surface area contributed by atoms with Gasteiger partial charge in [0.1, 0.15) is 5.82 Å². The summed E-state index contributed by atoms with van der Waals surface area (Å²) in [5.41, 5.74) is -0.333. The smallest absolute Gasteiger partial charge is 0.352 e. The minimum Gasteiger partial charge on any atom is -0.352 e. The van der Waals surface area contributed by atoms with E-state index >= 15 is 0 Å². The summed E-state index contributed by atoms with van der Waals surface area (Å²) in [6.07, 6.45) is -2.01. The third-order valence-electron chi connectivity index (χ3n) is 3.31. The number of alkyl halides is 5. The van der Waals surface area contributed by atoms with E-state index in [2.05, 4.69) is 20.6 Å². The molecule has 0 unspecified atom stereocenters. The van der Waals surface area contributed by atoms with Crippen LogP contribution < -0.4 is 10.6 Å². The van der Waals surface area contributed by atoms with Crippen LogP contribution in [0.2, 0.25) is 0 Å². The van der Waals surface area contributed by atoms with Crippen LogP contribution in [0.1, 0.15) is 23.5 Å². The molecule has 0 saturated carbocycles. The van der Waals surface area contributed by atoms with Gasteiger partial charge in [-0.2, -0.15) is 22.0 Å². The van der Waals surface area contributed by atoms with Gasteiger partial charge >= 0.3 is 12.7 Å². The number of hydrogen-bond donors (Lipinski definition) is 2. The lowest BCUT2D eigenvalue weighted by molar-refractivity contribution is -0.137. The first kappa shape index (κ1) is 22.1. The highest BCUT2D eigenvalue weighted by Crippen LogP contribution is 2.29. The van der Waals surface area contributed by atoms with E-state index in [1.807, 2.05) is 0 Å². The second-order valence-electron chi connectivity index (χ2n) is 5.01. The number of aromatic nitrogens is 2. The van der Waals surface area contributed by atoms with Gasteiger partial charge in [0, 0.05) is 26.0 Å². The molecule has 2 N–H and O–H groups in total. The summed E-state index contributed by atoms with van der Waals surface area (Å²) >= 11 is 0. The molecule has 0 aliphatic rings. The van der Waals surface area contributed by atoms with Gasteiger partial charge in [-0.1, -0.05) is 12.1 Å². The number of rotatable bonds is 5. The van der Waals surface area contributed by atoms with Crippen LogP contribution >= 0.6 is 24.0 Å². The Bertz CT molecular complexity index is 729. The highest BCUT2D eigenvalue weighted by Gasteiger charge is 2.30. The highest BCUT2D eigenvalue weighted by molar-refractivity contribution is 14.0. The van der Waals surface area contributed by atoms with Gasteiger partial charge in [0.25, 0.3) is 0 Å². The fourth-order valence-corrected chi connectivity index (χ4v) is 2.09. The maximum atomic E-state index is 12.7. The number of aliphatic imine (C=N–C) groups is 1. The van der Waals surface area contributed by atoms with E-state index in [4.69, 9.17) is 0 Å². The Morgan fingerprint density at radius 1 is 1.23 bits per heavy atom. The molecule has 1 heterocycles. The molecule has 26 heavy (non-hydrogen) atoms. The molecule has 0 radical (unpaired) electrons. The number of imidazole rings is 1. The summed E-state index contributed by atoms with van der Waals surface area (Å²) in [5, 5.41) is 5.60. The third kappa shape index (κ3) is 6.11. The van der Waals surface area contributed by atoms with Crippen LogP contribution in [0.4, 0.5) is 22.0 Å². The minimum atomic E-state index is -4.41. The van der Waals surface area contributed by atoms with Gasteiger partial charge in [0.05, 0.1) is 12.1 Å². The van der Waals surface area contributed by atoms with Crippen LogP contribution in [0.15, 0.2) is 41.7 Å². The second-order valence-corrected chi connectivity index (χ2v) is 5.01. The molecule has 1 aromatic carbocycles. The average molecular weight is 489 g/mol. The van der Waals surface area contributed by atoms with Crippen molar-refractivity contribution >= 4 is 29.9 Å². The van der Waals surface area contributed by atoms with Crippen molar-refractivity contribution in [3.63, 3.8) is 0 Å². The standard InChI is InChI=1S/C15H16F5N5.HI/c1-21-14(24-9-12-22-5-6-25(12)13(16)17)23-8-10-3-2-4-11(7-10)15(18,19)20;/h2-7,13H,8-9H2,1H3,(H2,21,23,24);1H. The summed E-state index contributed by atoms with van der Waals surface area (Å²) in [7, 11) is 1.46. The highest BCUT2D eigenvalue weighted by atomic mass is 127. The quantitative estimate of drug-likeness (QED) is 0.291. The van der Waals surface area contributed by atoms with Gasteiger partial charge in [0.15, 0.2) is 5.96 Å². The fraction of sp³-hybridized carbons (Fsp3) is 0.333. The Balaban J connectivity index is 0.00000338. The number of guanidine groups is 1. The third-order valence-corrected chi connectivity index (χ3v) is 3.31. The van der Waals surface area contributed by atoms with Crippen molar-refractivity contribution in [2.75, 3.05) is 7.05 Å². The van der Waals surface area contributed by atoms with Gasteiger partial charge in [-0.3, -0.25) is 9.56 Å². The van der Waals surface area contributed by atoms with E-state index in [1.54, 1.807) is 6.07 Å². The second kappa shape index (κ2) is 9.69. The zero-order valence-electron chi connectivity index (χ0n) is 13.6. The van der Waals surface area contributed by atoms with E-state index in [-0.39, 0.29) is 48.9 Å². The van der Waals surface area contributed by atoms with Gasteiger partial charge < -0.3 is 10.6 Å². The molecule has 0 spiro atoms. The van der Waals surface area contributed by atoms with Crippen LogP contribution in [-0.2, 0) is 19.3 Å². The molecule has 0 aliphatic heterocycles. The zero-order valence-corrected chi connectivity index (χ0v) is 15.9. The molecule has 0 fully saturated rings. The first-order valence-electron chi connectivity index (χ1n) is 7.21. The van der Waals surface area contributed by atoms with Gasteiger partial charge in [-0.15, -0.1) is 24.0 Å². The van der Waals surface area contributed by atoms with Crippen molar-refractivity contribution < 1.29 is 22.0 Å². The first-order valence-corrected chi connectivity index (χ1v) is 7.21. The summed E-state index contributed by atoms with van der Waals surface area (Å²) in [5.74, 6) is 0.359. The molecule has 0 bridgehead atoms. The van der Waals surface area contributed by atoms with E-state index < -0.39 is 18.3 Å². The van der Waals surface area contributed by atoms with Crippen molar-refractivity contribution in [3.8, 4) is 0 Å². The van der Waals surface area contributed by atoms with E-state index in [9.17, 15) is 22.0 Å². The zero-order chi connectivity index (χ0) is 18.4. The Morgan fingerprint density at radius 3 is 2.54 bits per heavy atom. The minimum absolute atomic E-state index is 0. The number of benzene rings is 1. The monoisotopic (exact) mass is 489 g/mol. The molecule has 0 atom stereocenters.